The maximum absolute atomic E-state index is 11.3. The monoisotopic (exact) mass is 290 g/mol. The second-order valence-electron chi connectivity index (χ2n) is 6.39. The van der Waals surface area contributed by atoms with Crippen LogP contribution in [0.5, 0.6) is 0 Å². The second-order valence-corrected chi connectivity index (χ2v) is 6.39. The van der Waals surface area contributed by atoms with Crippen LogP contribution in [-0.2, 0) is 0 Å². The molecule has 0 spiro atoms. The predicted molar refractivity (Wildman–Crippen MR) is 76.5 cm³/mol. The molecule has 21 heavy (non-hydrogen) atoms. The number of hydrogen-bond donors (Lipinski definition) is 3. The standard InChI is InChI=1S/C13H18N6O2/c1-5-11(19(20)21)12(17-13(15-5)18-14)16-10-8-6-2-3-7(4-6)9(8)10/h6-10H,2-4,14H2,1H3,(H2,15,16,17,18). The number of aromatic nitrogens is 2. The average Bonchev–Trinajstić information content (AvgIpc) is 2.83. The van der Waals surface area contributed by atoms with Gasteiger partial charge in [-0.3, -0.25) is 15.5 Å². The number of nitrogens with zero attached hydrogens (tertiary/aromatic N) is 3. The van der Waals surface area contributed by atoms with E-state index in [0.717, 1.165) is 11.8 Å². The van der Waals surface area contributed by atoms with Crippen molar-refractivity contribution < 1.29 is 4.92 Å². The Hall–Kier alpha value is -1.96. The van der Waals surface area contributed by atoms with Gasteiger partial charge in [-0.2, -0.15) is 4.98 Å². The van der Waals surface area contributed by atoms with Crippen molar-refractivity contribution in [1.82, 2.24) is 9.97 Å². The van der Waals surface area contributed by atoms with Crippen molar-refractivity contribution in [1.29, 1.82) is 0 Å². The minimum atomic E-state index is -0.426. The van der Waals surface area contributed by atoms with E-state index >= 15 is 0 Å². The van der Waals surface area contributed by atoms with Gasteiger partial charge in [-0.15, -0.1) is 0 Å². The highest BCUT2D eigenvalue weighted by Crippen LogP contribution is 2.66. The van der Waals surface area contributed by atoms with Crippen LogP contribution in [0.25, 0.3) is 0 Å². The molecule has 0 saturated heterocycles. The Morgan fingerprint density at radius 3 is 2.52 bits per heavy atom. The lowest BCUT2D eigenvalue weighted by molar-refractivity contribution is -0.385. The fraction of sp³-hybridized carbons (Fsp3) is 0.692. The fourth-order valence-electron chi connectivity index (χ4n) is 4.63. The molecule has 1 aromatic rings. The van der Waals surface area contributed by atoms with E-state index in [1.807, 2.05) is 0 Å². The molecule has 4 rings (SSSR count). The minimum Gasteiger partial charge on any atom is -0.361 e. The van der Waals surface area contributed by atoms with Crippen molar-refractivity contribution in [2.45, 2.75) is 32.2 Å². The van der Waals surface area contributed by atoms with Crippen LogP contribution in [0.15, 0.2) is 0 Å². The number of nitro groups is 1. The fourth-order valence-corrected chi connectivity index (χ4v) is 4.63. The molecule has 2 bridgehead atoms. The third kappa shape index (κ3) is 1.78. The highest BCUT2D eigenvalue weighted by Gasteiger charge is 2.65. The zero-order chi connectivity index (χ0) is 14.7. The molecule has 3 saturated carbocycles. The van der Waals surface area contributed by atoms with E-state index in [2.05, 4.69) is 20.7 Å². The topological polar surface area (TPSA) is 119 Å². The highest BCUT2D eigenvalue weighted by molar-refractivity contribution is 5.62. The van der Waals surface area contributed by atoms with Crippen molar-refractivity contribution in [3.63, 3.8) is 0 Å². The molecule has 112 valence electrons. The lowest BCUT2D eigenvalue weighted by atomic mass is 10.0. The summed E-state index contributed by atoms with van der Waals surface area (Å²) in [6.07, 6.45) is 3.96. The number of anilines is 2. The van der Waals surface area contributed by atoms with E-state index in [9.17, 15) is 10.1 Å². The largest absolute Gasteiger partial charge is 0.361 e. The number of fused-ring (bicyclic) bond motifs is 5. The van der Waals surface area contributed by atoms with Crippen molar-refractivity contribution in [3.8, 4) is 0 Å². The van der Waals surface area contributed by atoms with Gasteiger partial charge in [0.05, 0.1) is 4.92 Å². The van der Waals surface area contributed by atoms with Crippen LogP contribution in [-0.4, -0.2) is 20.9 Å². The number of hydrogen-bond acceptors (Lipinski definition) is 7. The third-order valence-corrected chi connectivity index (χ3v) is 5.41. The van der Waals surface area contributed by atoms with E-state index < -0.39 is 4.92 Å². The SMILES string of the molecule is Cc1nc(NN)nc(NC2C3C4CCC(C4)C23)c1[N+](=O)[O-]. The Morgan fingerprint density at radius 2 is 1.95 bits per heavy atom. The minimum absolute atomic E-state index is 0.0497. The Bertz CT molecular complexity index is 605. The number of aryl methyl sites for hydroxylation is 1. The van der Waals surface area contributed by atoms with Crippen LogP contribution >= 0.6 is 0 Å². The molecule has 0 radical (unpaired) electrons. The van der Waals surface area contributed by atoms with Gasteiger partial charge >= 0.3 is 5.69 Å². The number of hydrazine groups is 1. The molecule has 3 fully saturated rings. The van der Waals surface area contributed by atoms with E-state index in [0.29, 0.717) is 29.4 Å². The first-order valence-corrected chi connectivity index (χ1v) is 7.36. The van der Waals surface area contributed by atoms with Gasteiger partial charge in [0.25, 0.3) is 0 Å². The summed E-state index contributed by atoms with van der Waals surface area (Å²) >= 11 is 0. The molecule has 1 aromatic heterocycles. The molecule has 3 aliphatic carbocycles. The Kier molecular flexibility index (Phi) is 2.59. The smallest absolute Gasteiger partial charge is 0.332 e. The summed E-state index contributed by atoms with van der Waals surface area (Å²) in [5.41, 5.74) is 2.63. The molecule has 4 N–H and O–H groups in total. The van der Waals surface area contributed by atoms with Gasteiger partial charge in [0.2, 0.25) is 11.8 Å². The number of nitrogens with one attached hydrogen (secondary N) is 2. The van der Waals surface area contributed by atoms with Crippen LogP contribution < -0.4 is 16.6 Å². The molecule has 8 heteroatoms. The van der Waals surface area contributed by atoms with Gasteiger partial charge < -0.3 is 5.32 Å². The summed E-state index contributed by atoms with van der Waals surface area (Å²) in [5, 5.41) is 14.6. The summed E-state index contributed by atoms with van der Waals surface area (Å²) in [7, 11) is 0. The Morgan fingerprint density at radius 1 is 1.29 bits per heavy atom. The van der Waals surface area contributed by atoms with Gasteiger partial charge in [-0.05, 0) is 49.9 Å². The van der Waals surface area contributed by atoms with Crippen molar-refractivity contribution in [2.24, 2.45) is 29.5 Å². The molecule has 1 heterocycles. The van der Waals surface area contributed by atoms with Gasteiger partial charge in [0.1, 0.15) is 5.69 Å². The molecule has 4 unspecified atom stereocenters. The van der Waals surface area contributed by atoms with Crippen molar-refractivity contribution in [2.75, 3.05) is 10.7 Å². The first-order chi connectivity index (χ1) is 10.1. The lowest BCUT2D eigenvalue weighted by Gasteiger charge is -2.12. The van der Waals surface area contributed by atoms with Crippen molar-refractivity contribution in [3.05, 3.63) is 15.8 Å². The first kappa shape index (κ1) is 12.8. The van der Waals surface area contributed by atoms with E-state index in [-0.39, 0.29) is 11.6 Å². The van der Waals surface area contributed by atoms with E-state index in [1.165, 1.54) is 19.3 Å². The lowest BCUT2D eigenvalue weighted by Crippen LogP contribution is -2.18. The molecule has 0 aliphatic heterocycles. The van der Waals surface area contributed by atoms with Crippen LogP contribution in [0.3, 0.4) is 0 Å². The second kappa shape index (κ2) is 4.27. The quantitative estimate of drug-likeness (QED) is 0.436. The van der Waals surface area contributed by atoms with Crippen LogP contribution in [0, 0.1) is 40.7 Å². The molecule has 3 aliphatic rings. The van der Waals surface area contributed by atoms with Crippen LogP contribution in [0.2, 0.25) is 0 Å². The highest BCUT2D eigenvalue weighted by atomic mass is 16.6. The molecule has 8 nitrogen and oxygen atoms in total. The summed E-state index contributed by atoms with van der Waals surface area (Å²) in [6, 6.07) is 0.329. The molecular weight excluding hydrogens is 272 g/mol. The number of nitrogen functional groups attached to an aromatic ring is 1. The zero-order valence-corrected chi connectivity index (χ0v) is 11.7. The third-order valence-electron chi connectivity index (χ3n) is 5.41. The zero-order valence-electron chi connectivity index (χ0n) is 11.7. The van der Waals surface area contributed by atoms with Crippen LogP contribution in [0.4, 0.5) is 17.5 Å². The Labute approximate surface area is 121 Å². The van der Waals surface area contributed by atoms with Crippen molar-refractivity contribution >= 4 is 17.5 Å². The van der Waals surface area contributed by atoms with Gasteiger partial charge in [-0.25, -0.2) is 10.8 Å². The summed E-state index contributed by atoms with van der Waals surface area (Å²) < 4.78 is 0. The average molecular weight is 290 g/mol. The molecular formula is C13H18N6O2. The summed E-state index contributed by atoms with van der Waals surface area (Å²) in [6.45, 7) is 1.60. The maximum Gasteiger partial charge on any atom is 0.332 e. The van der Waals surface area contributed by atoms with Gasteiger partial charge in [0, 0.05) is 6.04 Å². The summed E-state index contributed by atoms with van der Waals surface area (Å²) in [5.74, 6) is 8.77. The van der Waals surface area contributed by atoms with Gasteiger partial charge in [-0.1, -0.05) is 0 Å². The normalized spacial score (nSPS) is 35.4. The van der Waals surface area contributed by atoms with E-state index in [1.54, 1.807) is 6.92 Å². The van der Waals surface area contributed by atoms with E-state index in [4.69, 9.17) is 5.84 Å². The van der Waals surface area contributed by atoms with Crippen LogP contribution in [0.1, 0.15) is 25.0 Å². The summed E-state index contributed by atoms with van der Waals surface area (Å²) in [4.78, 5) is 19.0. The number of nitrogens with two attached hydrogens (primary N) is 1. The maximum atomic E-state index is 11.3. The van der Waals surface area contributed by atoms with Gasteiger partial charge in [0.15, 0.2) is 0 Å². The predicted octanol–water partition coefficient (Wildman–Crippen LogP) is 1.44. The molecule has 0 amide bonds. The Balaban J connectivity index is 1.63. The molecule has 0 aromatic carbocycles. The molecule has 4 atom stereocenters. The number of rotatable bonds is 4. The first-order valence-electron chi connectivity index (χ1n) is 7.36.